The molecule has 5 heteroatoms. The Hall–Kier alpha value is -0.390. The number of benzene rings is 1. The molecule has 1 aromatic rings. The lowest BCUT2D eigenvalue weighted by molar-refractivity contribution is 0.0663. The van der Waals surface area contributed by atoms with Crippen molar-refractivity contribution in [2.45, 2.75) is 0 Å². The maximum atomic E-state index is 12.3. The van der Waals surface area contributed by atoms with E-state index < -0.39 is 0 Å². The molecule has 92 valence electrons. The highest BCUT2D eigenvalue weighted by Crippen LogP contribution is 2.23. The molecule has 0 saturated carbocycles. The summed E-state index contributed by atoms with van der Waals surface area (Å²) < 4.78 is 1.78. The fraction of sp³-hybridized carbons (Fsp3) is 0.417. The first-order chi connectivity index (χ1) is 8.08. The van der Waals surface area contributed by atoms with Crippen LogP contribution in [0.5, 0.6) is 0 Å². The molecular weight excluding hydrogens is 348 g/mol. The predicted molar refractivity (Wildman–Crippen MR) is 75.2 cm³/mol. The number of nitrogens with zero attached hydrogens (tertiary/aromatic N) is 2. The van der Waals surface area contributed by atoms with Crippen LogP contribution in [-0.4, -0.2) is 48.9 Å². The number of rotatable bonds is 1. The molecule has 17 heavy (non-hydrogen) atoms. The molecule has 1 heterocycles. The maximum absolute atomic E-state index is 12.3. The Balaban J connectivity index is 2.16. The van der Waals surface area contributed by atoms with Crippen LogP contribution < -0.4 is 0 Å². The monoisotopic (exact) mass is 360 g/mol. The van der Waals surface area contributed by atoms with Crippen molar-refractivity contribution in [3.8, 4) is 0 Å². The van der Waals surface area contributed by atoms with Crippen LogP contribution in [0, 0.1) is 0 Å². The quantitative estimate of drug-likeness (QED) is 0.767. The summed E-state index contributed by atoms with van der Waals surface area (Å²) in [5.41, 5.74) is 0.726. The topological polar surface area (TPSA) is 23.6 Å². The number of carbonyl (C=O) groups excluding carboxylic acids is 1. The van der Waals surface area contributed by atoms with Gasteiger partial charge in [0.05, 0.1) is 5.56 Å². The molecule has 0 radical (unpaired) electrons. The lowest BCUT2D eigenvalue weighted by Crippen LogP contribution is -2.47. The number of amides is 1. The molecule has 1 aliphatic heterocycles. The summed E-state index contributed by atoms with van der Waals surface area (Å²) in [6.07, 6.45) is 0. The van der Waals surface area contributed by atoms with Gasteiger partial charge >= 0.3 is 0 Å². The molecule has 0 spiro atoms. The van der Waals surface area contributed by atoms with Crippen LogP contribution in [-0.2, 0) is 0 Å². The van der Waals surface area contributed by atoms with Crippen LogP contribution in [0.4, 0.5) is 0 Å². The number of hydrogen-bond acceptors (Lipinski definition) is 2. The minimum Gasteiger partial charge on any atom is -0.336 e. The zero-order valence-corrected chi connectivity index (χ0v) is 12.8. The van der Waals surface area contributed by atoms with Crippen molar-refractivity contribution in [1.82, 2.24) is 9.80 Å². The Morgan fingerprint density at radius 1 is 1.18 bits per heavy atom. The second kappa shape index (κ2) is 5.50. The Labute approximate surface area is 118 Å². The lowest BCUT2D eigenvalue weighted by Gasteiger charge is -2.32. The third kappa shape index (κ3) is 3.09. The first-order valence-corrected chi connectivity index (χ1v) is 7.09. The van der Waals surface area contributed by atoms with Gasteiger partial charge in [-0.3, -0.25) is 4.79 Å². The molecule has 0 atom stereocenters. The second-order valence-corrected chi connectivity index (χ2v) is 5.99. The Bertz CT molecular complexity index is 429. The molecule has 1 saturated heterocycles. The molecule has 0 N–H and O–H groups in total. The van der Waals surface area contributed by atoms with Gasteiger partial charge < -0.3 is 9.80 Å². The van der Waals surface area contributed by atoms with Gasteiger partial charge in [0.1, 0.15) is 0 Å². The molecule has 3 nitrogen and oxygen atoms in total. The summed E-state index contributed by atoms with van der Waals surface area (Å²) in [5, 5.41) is 0. The molecule has 2 rings (SSSR count). The predicted octanol–water partition coefficient (Wildman–Crippen LogP) is 2.60. The minimum absolute atomic E-state index is 0.103. The van der Waals surface area contributed by atoms with Crippen molar-refractivity contribution in [3.63, 3.8) is 0 Å². The average Bonchev–Trinajstić information content (AvgIpc) is 2.32. The smallest absolute Gasteiger partial charge is 0.255 e. The number of halogens is 2. The molecule has 1 fully saturated rings. The number of likely N-dealkylation sites (N-methyl/N-ethyl adjacent to an activating group) is 1. The molecule has 1 aliphatic rings. The molecule has 0 unspecified atom stereocenters. The first-order valence-electron chi connectivity index (χ1n) is 5.51. The minimum atomic E-state index is 0.103. The van der Waals surface area contributed by atoms with Gasteiger partial charge in [-0.1, -0.05) is 15.9 Å². The summed E-state index contributed by atoms with van der Waals surface area (Å²) >= 11 is 6.83. The van der Waals surface area contributed by atoms with Crippen molar-refractivity contribution in [2.24, 2.45) is 0 Å². The molecular formula is C12H14Br2N2O. The normalized spacial score (nSPS) is 17.2. The van der Waals surface area contributed by atoms with Crippen LogP contribution in [0.2, 0.25) is 0 Å². The summed E-state index contributed by atoms with van der Waals surface area (Å²) in [6.45, 7) is 3.48. The van der Waals surface area contributed by atoms with E-state index in [2.05, 4.69) is 43.8 Å². The summed E-state index contributed by atoms with van der Waals surface area (Å²) in [5.74, 6) is 0.103. The van der Waals surface area contributed by atoms with Crippen molar-refractivity contribution in [2.75, 3.05) is 33.2 Å². The summed E-state index contributed by atoms with van der Waals surface area (Å²) in [7, 11) is 2.08. The van der Waals surface area contributed by atoms with Gasteiger partial charge in [0.15, 0.2) is 0 Å². The van der Waals surface area contributed by atoms with E-state index in [0.717, 1.165) is 40.7 Å². The number of carbonyl (C=O) groups is 1. The van der Waals surface area contributed by atoms with Gasteiger partial charge in [0.25, 0.3) is 5.91 Å². The van der Waals surface area contributed by atoms with Crippen LogP contribution in [0.3, 0.4) is 0 Å². The maximum Gasteiger partial charge on any atom is 0.255 e. The van der Waals surface area contributed by atoms with E-state index in [1.807, 2.05) is 23.1 Å². The highest BCUT2D eigenvalue weighted by molar-refractivity contribution is 9.11. The van der Waals surface area contributed by atoms with Crippen LogP contribution in [0.1, 0.15) is 10.4 Å². The highest BCUT2D eigenvalue weighted by atomic mass is 79.9. The van der Waals surface area contributed by atoms with E-state index in [1.165, 1.54) is 0 Å². The molecule has 1 amide bonds. The van der Waals surface area contributed by atoms with Gasteiger partial charge in [-0.15, -0.1) is 0 Å². The van der Waals surface area contributed by atoms with E-state index in [1.54, 1.807) is 0 Å². The van der Waals surface area contributed by atoms with Crippen molar-refractivity contribution in [1.29, 1.82) is 0 Å². The van der Waals surface area contributed by atoms with Crippen LogP contribution in [0.15, 0.2) is 27.1 Å². The average molecular weight is 362 g/mol. The zero-order chi connectivity index (χ0) is 12.4. The molecule has 0 aromatic heterocycles. The highest BCUT2D eigenvalue weighted by Gasteiger charge is 2.21. The van der Waals surface area contributed by atoms with Crippen LogP contribution in [0.25, 0.3) is 0 Å². The molecule has 0 bridgehead atoms. The van der Waals surface area contributed by atoms with Gasteiger partial charge in [-0.05, 0) is 41.2 Å². The fourth-order valence-corrected chi connectivity index (χ4v) is 2.62. The Morgan fingerprint density at radius 2 is 1.82 bits per heavy atom. The van der Waals surface area contributed by atoms with Gasteiger partial charge in [-0.25, -0.2) is 0 Å². The van der Waals surface area contributed by atoms with E-state index in [9.17, 15) is 4.79 Å². The van der Waals surface area contributed by atoms with Gasteiger partial charge in [0, 0.05) is 35.1 Å². The molecule has 1 aromatic carbocycles. The summed E-state index contributed by atoms with van der Waals surface area (Å²) in [6, 6.07) is 5.68. The number of hydrogen-bond donors (Lipinski definition) is 0. The largest absolute Gasteiger partial charge is 0.336 e. The molecule has 0 aliphatic carbocycles. The first kappa shape index (κ1) is 13.1. The van der Waals surface area contributed by atoms with E-state index in [4.69, 9.17) is 0 Å². The lowest BCUT2D eigenvalue weighted by atomic mass is 10.2. The van der Waals surface area contributed by atoms with Gasteiger partial charge in [0.2, 0.25) is 0 Å². The second-order valence-electron chi connectivity index (χ2n) is 4.22. The third-order valence-electron chi connectivity index (χ3n) is 2.95. The zero-order valence-electron chi connectivity index (χ0n) is 9.62. The summed E-state index contributed by atoms with van der Waals surface area (Å²) in [4.78, 5) is 16.5. The standard InChI is InChI=1S/C12H14Br2N2O/c1-15-4-6-16(7-5-15)12(17)10-8-9(13)2-3-11(10)14/h2-3,8H,4-7H2,1H3. The van der Waals surface area contributed by atoms with Crippen molar-refractivity contribution in [3.05, 3.63) is 32.7 Å². The fourth-order valence-electron chi connectivity index (χ4n) is 1.84. The van der Waals surface area contributed by atoms with Crippen LogP contribution >= 0.6 is 31.9 Å². The third-order valence-corrected chi connectivity index (χ3v) is 4.13. The van der Waals surface area contributed by atoms with E-state index in [-0.39, 0.29) is 5.91 Å². The van der Waals surface area contributed by atoms with E-state index in [0.29, 0.717) is 0 Å². The Kier molecular flexibility index (Phi) is 4.22. The van der Waals surface area contributed by atoms with Gasteiger partial charge in [-0.2, -0.15) is 0 Å². The van der Waals surface area contributed by atoms with Crippen molar-refractivity contribution < 1.29 is 4.79 Å². The van der Waals surface area contributed by atoms with Crippen molar-refractivity contribution >= 4 is 37.8 Å². The van der Waals surface area contributed by atoms with E-state index >= 15 is 0 Å². The Morgan fingerprint density at radius 3 is 2.47 bits per heavy atom. The SMILES string of the molecule is CN1CCN(C(=O)c2cc(Br)ccc2Br)CC1. The number of piperazine rings is 1.